The van der Waals surface area contributed by atoms with Crippen molar-refractivity contribution in [1.82, 2.24) is 5.32 Å². The van der Waals surface area contributed by atoms with E-state index in [0.717, 1.165) is 5.56 Å². The number of nitrogens with one attached hydrogen (secondary N) is 1. The standard InChI is InChI=1S/C12H16F3N3O/c13-12(14,15)10(19)18-11(7-16,8-17)6-9-4-2-1-3-5-9/h1-5H,6-8,16-17H2,(H,18,19). The average molecular weight is 275 g/mol. The Bertz CT molecular complexity index is 416. The molecule has 1 rings (SSSR count). The third kappa shape index (κ3) is 4.22. The van der Waals surface area contributed by atoms with Crippen LogP contribution in [0.1, 0.15) is 5.56 Å². The second-order valence-electron chi connectivity index (χ2n) is 4.30. The molecule has 19 heavy (non-hydrogen) atoms. The van der Waals surface area contributed by atoms with E-state index in [4.69, 9.17) is 11.5 Å². The molecule has 0 fully saturated rings. The summed E-state index contributed by atoms with van der Waals surface area (Å²) in [5.41, 5.74) is 10.4. The zero-order chi connectivity index (χ0) is 14.5. The summed E-state index contributed by atoms with van der Waals surface area (Å²) in [6, 6.07) is 8.75. The minimum atomic E-state index is -4.95. The second kappa shape index (κ2) is 6.03. The Morgan fingerprint density at radius 1 is 1.11 bits per heavy atom. The lowest BCUT2D eigenvalue weighted by atomic mass is 9.90. The van der Waals surface area contributed by atoms with E-state index in [1.807, 2.05) is 5.32 Å². The van der Waals surface area contributed by atoms with Gasteiger partial charge in [-0.3, -0.25) is 4.79 Å². The van der Waals surface area contributed by atoms with Crippen molar-refractivity contribution in [2.45, 2.75) is 18.1 Å². The zero-order valence-electron chi connectivity index (χ0n) is 10.2. The van der Waals surface area contributed by atoms with E-state index < -0.39 is 17.6 Å². The molecule has 0 heterocycles. The van der Waals surface area contributed by atoms with Gasteiger partial charge in [0.25, 0.3) is 0 Å². The highest BCUT2D eigenvalue weighted by molar-refractivity contribution is 5.82. The Morgan fingerprint density at radius 2 is 1.63 bits per heavy atom. The Morgan fingerprint density at radius 3 is 2.05 bits per heavy atom. The van der Waals surface area contributed by atoms with Crippen LogP contribution in [0.25, 0.3) is 0 Å². The van der Waals surface area contributed by atoms with Gasteiger partial charge in [0.2, 0.25) is 0 Å². The van der Waals surface area contributed by atoms with E-state index >= 15 is 0 Å². The summed E-state index contributed by atoms with van der Waals surface area (Å²) in [4.78, 5) is 11.0. The summed E-state index contributed by atoms with van der Waals surface area (Å²) in [5, 5.41) is 1.90. The maximum Gasteiger partial charge on any atom is 0.471 e. The molecule has 1 aromatic carbocycles. The van der Waals surface area contributed by atoms with Crippen LogP contribution in [-0.2, 0) is 11.2 Å². The van der Waals surface area contributed by atoms with Crippen LogP contribution in [0.15, 0.2) is 30.3 Å². The minimum absolute atomic E-state index is 0.142. The predicted octanol–water partition coefficient (Wildman–Crippen LogP) is 0.564. The topological polar surface area (TPSA) is 81.1 Å². The fourth-order valence-corrected chi connectivity index (χ4v) is 1.67. The van der Waals surface area contributed by atoms with Gasteiger partial charge in [-0.1, -0.05) is 30.3 Å². The first kappa shape index (κ1) is 15.5. The molecule has 0 atom stereocenters. The molecular weight excluding hydrogens is 259 g/mol. The van der Waals surface area contributed by atoms with Crippen LogP contribution in [0.4, 0.5) is 13.2 Å². The first-order valence-electron chi connectivity index (χ1n) is 5.66. The van der Waals surface area contributed by atoms with Crippen LogP contribution < -0.4 is 16.8 Å². The Kier molecular flexibility index (Phi) is 4.90. The van der Waals surface area contributed by atoms with Crippen molar-refractivity contribution in [2.75, 3.05) is 13.1 Å². The number of halogens is 3. The van der Waals surface area contributed by atoms with Gasteiger partial charge in [0, 0.05) is 13.1 Å². The van der Waals surface area contributed by atoms with E-state index in [0.29, 0.717) is 0 Å². The quantitative estimate of drug-likeness (QED) is 0.734. The first-order chi connectivity index (χ1) is 8.83. The van der Waals surface area contributed by atoms with E-state index in [9.17, 15) is 18.0 Å². The summed E-state index contributed by atoms with van der Waals surface area (Å²) >= 11 is 0. The molecule has 7 heteroatoms. The molecule has 0 radical (unpaired) electrons. The lowest BCUT2D eigenvalue weighted by molar-refractivity contribution is -0.175. The molecule has 1 aromatic rings. The normalized spacial score (nSPS) is 12.3. The number of carbonyl (C=O) groups is 1. The van der Waals surface area contributed by atoms with Crippen molar-refractivity contribution < 1.29 is 18.0 Å². The third-order valence-corrected chi connectivity index (χ3v) is 2.80. The average Bonchev–Trinajstić information content (AvgIpc) is 2.38. The molecule has 0 aliphatic carbocycles. The number of benzene rings is 1. The Hall–Kier alpha value is -1.60. The van der Waals surface area contributed by atoms with Gasteiger partial charge in [-0.05, 0) is 12.0 Å². The third-order valence-electron chi connectivity index (χ3n) is 2.80. The first-order valence-corrected chi connectivity index (χ1v) is 5.66. The molecule has 0 spiro atoms. The summed E-state index contributed by atoms with van der Waals surface area (Å²) in [5.74, 6) is -2.03. The fraction of sp³-hybridized carbons (Fsp3) is 0.417. The molecule has 5 N–H and O–H groups in total. The second-order valence-corrected chi connectivity index (χ2v) is 4.30. The van der Waals surface area contributed by atoms with Gasteiger partial charge in [-0.25, -0.2) is 0 Å². The summed E-state index contributed by atoms with van der Waals surface area (Å²) in [6.45, 7) is -0.361. The Balaban J connectivity index is 2.88. The highest BCUT2D eigenvalue weighted by Gasteiger charge is 2.43. The lowest BCUT2D eigenvalue weighted by Crippen LogP contribution is -2.62. The van der Waals surface area contributed by atoms with Crippen LogP contribution in [0.3, 0.4) is 0 Å². The van der Waals surface area contributed by atoms with Crippen molar-refractivity contribution in [3.8, 4) is 0 Å². The van der Waals surface area contributed by atoms with Gasteiger partial charge in [0.15, 0.2) is 0 Å². The molecule has 0 aliphatic heterocycles. The van der Waals surface area contributed by atoms with Gasteiger partial charge < -0.3 is 16.8 Å². The van der Waals surface area contributed by atoms with Crippen molar-refractivity contribution in [3.63, 3.8) is 0 Å². The van der Waals surface area contributed by atoms with Crippen LogP contribution in [0.5, 0.6) is 0 Å². The number of carbonyl (C=O) groups excluding carboxylic acids is 1. The summed E-state index contributed by atoms with van der Waals surface area (Å²) in [7, 11) is 0. The number of hydrogen-bond acceptors (Lipinski definition) is 3. The molecule has 106 valence electrons. The van der Waals surface area contributed by atoms with Crippen molar-refractivity contribution >= 4 is 5.91 Å². The van der Waals surface area contributed by atoms with Gasteiger partial charge in [0.05, 0.1) is 5.54 Å². The Labute approximate surface area is 109 Å². The summed E-state index contributed by atoms with van der Waals surface area (Å²) < 4.78 is 36.9. The smallest absolute Gasteiger partial charge is 0.340 e. The molecule has 0 saturated carbocycles. The molecule has 0 unspecified atom stereocenters. The predicted molar refractivity (Wildman–Crippen MR) is 65.2 cm³/mol. The molecule has 0 aromatic heterocycles. The molecule has 0 aliphatic rings. The lowest BCUT2D eigenvalue weighted by Gasteiger charge is -2.32. The summed E-state index contributed by atoms with van der Waals surface area (Å²) in [6.07, 6.45) is -4.81. The molecule has 0 saturated heterocycles. The van der Waals surface area contributed by atoms with Crippen molar-refractivity contribution in [3.05, 3.63) is 35.9 Å². The molecule has 0 bridgehead atoms. The largest absolute Gasteiger partial charge is 0.471 e. The van der Waals surface area contributed by atoms with Crippen LogP contribution in [0.2, 0.25) is 0 Å². The monoisotopic (exact) mass is 275 g/mol. The minimum Gasteiger partial charge on any atom is -0.340 e. The van der Waals surface area contributed by atoms with Gasteiger partial charge in [-0.15, -0.1) is 0 Å². The number of amides is 1. The van der Waals surface area contributed by atoms with Crippen LogP contribution in [-0.4, -0.2) is 30.7 Å². The maximum atomic E-state index is 12.3. The van der Waals surface area contributed by atoms with Gasteiger partial charge in [0.1, 0.15) is 0 Å². The SMILES string of the molecule is NCC(CN)(Cc1ccccc1)NC(=O)C(F)(F)F. The highest BCUT2D eigenvalue weighted by Crippen LogP contribution is 2.18. The number of nitrogens with two attached hydrogens (primary N) is 2. The molecule has 4 nitrogen and oxygen atoms in total. The number of rotatable bonds is 5. The number of alkyl halides is 3. The molecular formula is C12H16F3N3O. The van der Waals surface area contributed by atoms with Crippen LogP contribution >= 0.6 is 0 Å². The van der Waals surface area contributed by atoms with Gasteiger partial charge >= 0.3 is 12.1 Å². The van der Waals surface area contributed by atoms with E-state index in [2.05, 4.69) is 0 Å². The van der Waals surface area contributed by atoms with Crippen molar-refractivity contribution in [1.29, 1.82) is 0 Å². The van der Waals surface area contributed by atoms with Gasteiger partial charge in [-0.2, -0.15) is 13.2 Å². The van der Waals surface area contributed by atoms with E-state index in [1.54, 1.807) is 30.3 Å². The van der Waals surface area contributed by atoms with E-state index in [1.165, 1.54) is 0 Å². The number of hydrogen-bond donors (Lipinski definition) is 3. The zero-order valence-corrected chi connectivity index (χ0v) is 10.2. The van der Waals surface area contributed by atoms with E-state index in [-0.39, 0.29) is 19.5 Å². The highest BCUT2D eigenvalue weighted by atomic mass is 19.4. The van der Waals surface area contributed by atoms with Crippen LogP contribution in [0, 0.1) is 0 Å². The maximum absolute atomic E-state index is 12.3. The molecule has 1 amide bonds. The fourth-order valence-electron chi connectivity index (χ4n) is 1.67. The van der Waals surface area contributed by atoms with Crippen molar-refractivity contribution in [2.24, 2.45) is 11.5 Å².